The molecule has 0 aliphatic rings. The topological polar surface area (TPSA) is 28.6 Å². The number of aromatic nitrogens is 1. The molecule has 0 saturated heterocycles. The fraction of sp³-hybridized carbons (Fsp3) is 0.526. The van der Waals surface area contributed by atoms with Crippen molar-refractivity contribution in [2.45, 2.75) is 26.7 Å². The van der Waals surface area contributed by atoms with E-state index in [4.69, 9.17) is 4.74 Å². The summed E-state index contributed by atoms with van der Waals surface area (Å²) >= 11 is 0. The average Bonchev–Trinajstić information content (AvgIpc) is 2.60. The Morgan fingerprint density at radius 2 is 1.78 bits per heavy atom. The first-order chi connectivity index (χ1) is 11.2. The third kappa shape index (κ3) is 4.58. The van der Waals surface area contributed by atoms with Gasteiger partial charge in [-0.25, -0.2) is 0 Å². The zero-order valence-corrected chi connectivity index (χ0v) is 14.9. The van der Waals surface area contributed by atoms with Gasteiger partial charge in [0.2, 0.25) is 0 Å². The summed E-state index contributed by atoms with van der Waals surface area (Å²) in [6.45, 7) is 8.98. The minimum Gasteiger partial charge on any atom is -0.497 e. The summed E-state index contributed by atoms with van der Waals surface area (Å²) in [5.74, 6) is 0.877. The summed E-state index contributed by atoms with van der Waals surface area (Å²) in [4.78, 5) is 9.26. The normalized spacial score (nSPS) is 11.2. The summed E-state index contributed by atoms with van der Waals surface area (Å²) in [7, 11) is 3.86. The Kier molecular flexibility index (Phi) is 6.66. The first kappa shape index (κ1) is 17.5. The lowest BCUT2D eigenvalue weighted by Gasteiger charge is -2.22. The molecule has 126 valence electrons. The fourth-order valence-corrected chi connectivity index (χ4v) is 2.92. The second-order valence-electron chi connectivity index (χ2n) is 5.87. The number of hydrogen-bond donors (Lipinski definition) is 0. The van der Waals surface area contributed by atoms with Crippen LogP contribution in [0, 0.1) is 0 Å². The number of rotatable bonds is 9. The van der Waals surface area contributed by atoms with E-state index >= 15 is 0 Å². The van der Waals surface area contributed by atoms with Crippen molar-refractivity contribution < 1.29 is 4.74 Å². The van der Waals surface area contributed by atoms with Crippen LogP contribution in [0.25, 0.3) is 10.9 Å². The van der Waals surface area contributed by atoms with Crippen LogP contribution in [0.1, 0.15) is 26.7 Å². The van der Waals surface area contributed by atoms with E-state index in [1.807, 2.05) is 18.3 Å². The molecule has 0 radical (unpaired) electrons. The quantitative estimate of drug-likeness (QED) is 0.658. The number of methoxy groups -OCH3 is 1. The summed E-state index contributed by atoms with van der Waals surface area (Å²) in [5, 5.41) is 1.15. The van der Waals surface area contributed by atoms with Gasteiger partial charge in [-0.3, -0.25) is 4.98 Å². The molecule has 2 aromatic rings. The molecule has 0 amide bonds. The number of anilines is 1. The van der Waals surface area contributed by atoms with Crippen molar-refractivity contribution >= 4 is 16.6 Å². The van der Waals surface area contributed by atoms with Gasteiger partial charge in [-0.1, -0.05) is 13.8 Å². The third-order valence-electron chi connectivity index (χ3n) is 4.45. The number of pyridine rings is 1. The molecule has 0 aliphatic heterocycles. The van der Waals surface area contributed by atoms with Crippen LogP contribution in [0.5, 0.6) is 5.75 Å². The van der Waals surface area contributed by atoms with E-state index in [1.54, 1.807) is 7.11 Å². The molecule has 4 heteroatoms. The van der Waals surface area contributed by atoms with Gasteiger partial charge >= 0.3 is 0 Å². The molecule has 1 heterocycles. The van der Waals surface area contributed by atoms with Gasteiger partial charge in [-0.15, -0.1) is 0 Å². The van der Waals surface area contributed by atoms with Crippen LogP contribution in [0.3, 0.4) is 0 Å². The van der Waals surface area contributed by atoms with Gasteiger partial charge in [0.1, 0.15) is 5.75 Å². The van der Waals surface area contributed by atoms with Crippen LogP contribution in [-0.2, 0) is 0 Å². The van der Waals surface area contributed by atoms with E-state index in [0.717, 1.165) is 36.3 Å². The van der Waals surface area contributed by atoms with Gasteiger partial charge in [0, 0.05) is 30.9 Å². The van der Waals surface area contributed by atoms with E-state index in [-0.39, 0.29) is 0 Å². The van der Waals surface area contributed by atoms with Crippen molar-refractivity contribution in [1.82, 2.24) is 9.88 Å². The summed E-state index contributed by atoms with van der Waals surface area (Å²) in [6.07, 6.45) is 4.32. The Bertz CT molecular complexity index is 611. The minimum atomic E-state index is 0.877. The Morgan fingerprint density at radius 1 is 1.04 bits per heavy atom. The Labute approximate surface area is 140 Å². The zero-order chi connectivity index (χ0) is 16.7. The molecule has 4 nitrogen and oxygen atoms in total. The van der Waals surface area contributed by atoms with E-state index in [1.165, 1.54) is 25.1 Å². The summed E-state index contributed by atoms with van der Waals surface area (Å²) < 4.78 is 5.35. The largest absolute Gasteiger partial charge is 0.497 e. The highest BCUT2D eigenvalue weighted by molar-refractivity contribution is 5.92. The SMILES string of the molecule is CCN(CC)CCCCN(C)c1ccnc2ccc(OC)cc12. The molecule has 0 aliphatic carbocycles. The van der Waals surface area contributed by atoms with Crippen LogP contribution in [0.4, 0.5) is 5.69 Å². The van der Waals surface area contributed by atoms with Gasteiger partial charge in [-0.05, 0) is 56.7 Å². The van der Waals surface area contributed by atoms with Crippen LogP contribution < -0.4 is 9.64 Å². The summed E-state index contributed by atoms with van der Waals surface area (Å²) in [6, 6.07) is 8.14. The molecule has 2 rings (SSSR count). The molecule has 0 bridgehead atoms. The van der Waals surface area contributed by atoms with Crippen LogP contribution >= 0.6 is 0 Å². The molecule has 1 aromatic carbocycles. The van der Waals surface area contributed by atoms with Crippen LogP contribution in [0.2, 0.25) is 0 Å². The molecule has 0 unspecified atom stereocenters. The molecule has 23 heavy (non-hydrogen) atoms. The predicted molar refractivity (Wildman–Crippen MR) is 98.6 cm³/mol. The first-order valence-electron chi connectivity index (χ1n) is 8.55. The maximum absolute atomic E-state index is 5.35. The number of fused-ring (bicyclic) bond motifs is 1. The second kappa shape index (κ2) is 8.73. The number of hydrogen-bond acceptors (Lipinski definition) is 4. The number of benzene rings is 1. The standard InChI is InChI=1S/C19H29N3O/c1-5-22(6-2)14-8-7-13-21(3)19-11-12-20-18-10-9-16(23-4)15-17(18)19/h9-12,15H,5-8,13-14H2,1-4H3. The zero-order valence-electron chi connectivity index (χ0n) is 14.9. The van der Waals surface area contributed by atoms with Crippen molar-refractivity contribution in [3.63, 3.8) is 0 Å². The predicted octanol–water partition coefficient (Wildman–Crippen LogP) is 3.80. The first-order valence-corrected chi connectivity index (χ1v) is 8.55. The van der Waals surface area contributed by atoms with Crippen molar-refractivity contribution in [2.75, 3.05) is 45.2 Å². The van der Waals surface area contributed by atoms with Crippen LogP contribution in [-0.4, -0.2) is 50.2 Å². The van der Waals surface area contributed by atoms with Gasteiger partial charge < -0.3 is 14.5 Å². The molecule has 0 fully saturated rings. The number of unbranched alkanes of at least 4 members (excludes halogenated alkanes) is 1. The maximum Gasteiger partial charge on any atom is 0.119 e. The molecular formula is C19H29N3O. The number of nitrogens with zero attached hydrogens (tertiary/aromatic N) is 3. The average molecular weight is 315 g/mol. The fourth-order valence-electron chi connectivity index (χ4n) is 2.92. The van der Waals surface area contributed by atoms with Crippen molar-refractivity contribution in [3.8, 4) is 5.75 Å². The van der Waals surface area contributed by atoms with Gasteiger partial charge in [0.15, 0.2) is 0 Å². The van der Waals surface area contributed by atoms with Crippen molar-refractivity contribution in [3.05, 3.63) is 30.5 Å². The van der Waals surface area contributed by atoms with Crippen molar-refractivity contribution in [1.29, 1.82) is 0 Å². The smallest absolute Gasteiger partial charge is 0.119 e. The third-order valence-corrected chi connectivity index (χ3v) is 4.45. The molecule has 1 aromatic heterocycles. The molecular weight excluding hydrogens is 286 g/mol. The second-order valence-corrected chi connectivity index (χ2v) is 5.87. The van der Waals surface area contributed by atoms with Gasteiger partial charge in [0.05, 0.1) is 12.6 Å². The van der Waals surface area contributed by atoms with Crippen LogP contribution in [0.15, 0.2) is 30.5 Å². The van der Waals surface area contributed by atoms with E-state index in [9.17, 15) is 0 Å². The van der Waals surface area contributed by atoms with Gasteiger partial charge in [-0.2, -0.15) is 0 Å². The molecule has 0 saturated carbocycles. The summed E-state index contributed by atoms with van der Waals surface area (Å²) in [5.41, 5.74) is 2.23. The Morgan fingerprint density at radius 3 is 2.48 bits per heavy atom. The lowest BCUT2D eigenvalue weighted by Crippen LogP contribution is -2.25. The Balaban J connectivity index is 2.01. The van der Waals surface area contributed by atoms with Crippen molar-refractivity contribution in [2.24, 2.45) is 0 Å². The number of ether oxygens (including phenoxy) is 1. The lowest BCUT2D eigenvalue weighted by molar-refractivity contribution is 0.297. The lowest BCUT2D eigenvalue weighted by atomic mass is 10.1. The maximum atomic E-state index is 5.35. The van der Waals surface area contributed by atoms with E-state index in [2.05, 4.69) is 47.8 Å². The highest BCUT2D eigenvalue weighted by Crippen LogP contribution is 2.28. The minimum absolute atomic E-state index is 0.877. The highest BCUT2D eigenvalue weighted by atomic mass is 16.5. The van der Waals surface area contributed by atoms with E-state index in [0.29, 0.717) is 0 Å². The molecule has 0 atom stereocenters. The molecule has 0 spiro atoms. The van der Waals surface area contributed by atoms with E-state index < -0.39 is 0 Å². The Hall–Kier alpha value is -1.81. The highest BCUT2D eigenvalue weighted by Gasteiger charge is 2.08. The van der Waals surface area contributed by atoms with Gasteiger partial charge in [0.25, 0.3) is 0 Å². The monoisotopic (exact) mass is 315 g/mol. The molecule has 0 N–H and O–H groups in total.